The van der Waals surface area contributed by atoms with Crippen molar-refractivity contribution in [3.8, 4) is 0 Å². The Kier molecular flexibility index (Phi) is 7.95. The Morgan fingerprint density at radius 2 is 0.657 bits per heavy atom. The molecule has 0 aliphatic rings. The Morgan fingerprint density at radius 1 is 0.429 bits per heavy atom. The van der Waals surface area contributed by atoms with Gasteiger partial charge in [0.25, 0.3) is 0 Å². The van der Waals surface area contributed by atoms with Gasteiger partial charge >= 0.3 is 46.8 Å². The Labute approximate surface area is 178 Å². The topological polar surface area (TPSA) is 68.3 Å². The summed E-state index contributed by atoms with van der Waals surface area (Å²) >= 11 is 0. The summed E-state index contributed by atoms with van der Waals surface area (Å²) in [7, 11) is -18.3. The molecule has 0 N–H and O–H groups in total. The Balaban J connectivity index is 7.60. The quantitative estimate of drug-likeness (QED) is 0.349. The molecule has 0 spiro atoms. The number of alkyl halides is 19. The molecule has 0 fully saturated rings. The van der Waals surface area contributed by atoms with Gasteiger partial charge in [0.1, 0.15) is 0 Å². The highest BCUT2D eigenvalue weighted by Crippen LogP contribution is 2.56. The first kappa shape index (κ1) is 33.6. The van der Waals surface area contributed by atoms with E-state index in [0.717, 1.165) is 0 Å². The SMILES string of the molecule is O=S(=O)(C(CC(F)(F)C(F)(F)F)S(=O)(=O)C(F)(F)C(F)(F)C(F)(F)F)C(F)(F)C(F)(F)C(F)(F)F. The second-order valence-corrected chi connectivity index (χ2v) is 10.7. The molecule has 0 bridgehead atoms. The maximum atomic E-state index is 13.5. The van der Waals surface area contributed by atoms with Crippen LogP contribution in [0.3, 0.4) is 0 Å². The van der Waals surface area contributed by atoms with E-state index in [-0.39, 0.29) is 0 Å². The predicted octanol–water partition coefficient (Wildman–Crippen LogP) is 5.31. The maximum absolute atomic E-state index is 13.5. The van der Waals surface area contributed by atoms with Crippen LogP contribution in [0.1, 0.15) is 6.42 Å². The molecule has 25 heteroatoms. The van der Waals surface area contributed by atoms with Crippen LogP contribution in [0.4, 0.5) is 83.4 Å². The molecule has 0 aromatic heterocycles. The van der Waals surface area contributed by atoms with Crippen LogP contribution in [0.25, 0.3) is 0 Å². The number of halogens is 19. The van der Waals surface area contributed by atoms with E-state index >= 15 is 0 Å². The highest BCUT2D eigenvalue weighted by molar-refractivity contribution is 8.10. The van der Waals surface area contributed by atoms with Gasteiger partial charge in [-0.1, -0.05) is 0 Å². The lowest BCUT2D eigenvalue weighted by molar-refractivity contribution is -0.333. The van der Waals surface area contributed by atoms with Crippen molar-refractivity contribution in [1.29, 1.82) is 0 Å². The van der Waals surface area contributed by atoms with Crippen LogP contribution in [0.15, 0.2) is 0 Å². The third kappa shape index (κ3) is 4.93. The fourth-order valence-corrected chi connectivity index (χ4v) is 6.25. The number of sulfone groups is 2. The Hall–Kier alpha value is -1.43. The van der Waals surface area contributed by atoms with Crippen molar-refractivity contribution >= 4 is 19.7 Å². The molecule has 35 heavy (non-hydrogen) atoms. The first-order chi connectivity index (χ1) is 14.6. The van der Waals surface area contributed by atoms with E-state index < -0.39 is 77.5 Å². The monoisotopic (exact) mass is 612 g/mol. The van der Waals surface area contributed by atoms with E-state index in [0.29, 0.717) is 0 Å². The number of hydrogen-bond acceptors (Lipinski definition) is 4. The van der Waals surface area contributed by atoms with Crippen LogP contribution in [0, 0.1) is 0 Å². The van der Waals surface area contributed by atoms with Crippen molar-refractivity contribution in [2.75, 3.05) is 0 Å². The molecule has 0 saturated carbocycles. The number of hydrogen-bond donors (Lipinski definition) is 0. The van der Waals surface area contributed by atoms with Crippen LogP contribution in [0.5, 0.6) is 0 Å². The molecular formula is C10H3F19O4S2. The van der Waals surface area contributed by atoms with Gasteiger partial charge in [0.2, 0.25) is 19.7 Å². The van der Waals surface area contributed by atoms with Gasteiger partial charge in [-0.25, -0.2) is 16.8 Å². The predicted molar refractivity (Wildman–Crippen MR) is 69.1 cm³/mol. The first-order valence-corrected chi connectivity index (χ1v) is 10.2. The third-order valence-corrected chi connectivity index (χ3v) is 8.87. The fourth-order valence-electron chi connectivity index (χ4n) is 1.73. The van der Waals surface area contributed by atoms with E-state index in [4.69, 9.17) is 0 Å². The van der Waals surface area contributed by atoms with Crippen molar-refractivity contribution in [1.82, 2.24) is 0 Å². The van der Waals surface area contributed by atoms with Crippen LogP contribution in [0.2, 0.25) is 0 Å². The standard InChI is InChI=1S/C10H3F19O4S2/c11-3(12,6(17,18)19)1-2(34(30,31)9(26,27)4(13,14)7(20,21)22)35(32,33)10(28,29)5(15,16)8(23,24)25/h2H,1H2. The average Bonchev–Trinajstić information content (AvgIpc) is 2.55. The van der Waals surface area contributed by atoms with E-state index in [9.17, 15) is 100 Å². The molecule has 0 rings (SSSR count). The van der Waals surface area contributed by atoms with E-state index in [1.165, 1.54) is 0 Å². The van der Waals surface area contributed by atoms with Gasteiger partial charge in [-0.05, 0) is 0 Å². The lowest BCUT2D eigenvalue weighted by atomic mass is 10.2. The summed E-state index contributed by atoms with van der Waals surface area (Å²) in [6, 6.07) is 0. The van der Waals surface area contributed by atoms with Gasteiger partial charge in [0.15, 0.2) is 4.58 Å². The lowest BCUT2D eigenvalue weighted by Crippen LogP contribution is -2.64. The molecule has 0 heterocycles. The minimum Gasteiger partial charge on any atom is -0.221 e. The average molecular weight is 612 g/mol. The van der Waals surface area contributed by atoms with Crippen LogP contribution in [-0.4, -0.2) is 68.2 Å². The molecule has 212 valence electrons. The zero-order valence-electron chi connectivity index (χ0n) is 14.9. The van der Waals surface area contributed by atoms with E-state index in [2.05, 4.69) is 0 Å². The van der Waals surface area contributed by atoms with Gasteiger partial charge < -0.3 is 0 Å². The van der Waals surface area contributed by atoms with Gasteiger partial charge in [-0.3, -0.25) is 0 Å². The zero-order valence-corrected chi connectivity index (χ0v) is 16.5. The van der Waals surface area contributed by atoms with Gasteiger partial charge in [-0.2, -0.15) is 83.4 Å². The fraction of sp³-hybridized carbons (Fsp3) is 1.00. The van der Waals surface area contributed by atoms with Crippen LogP contribution >= 0.6 is 0 Å². The smallest absolute Gasteiger partial charge is 0.221 e. The molecular weight excluding hydrogens is 609 g/mol. The van der Waals surface area contributed by atoms with Crippen molar-refractivity contribution in [3.63, 3.8) is 0 Å². The summed E-state index contributed by atoms with van der Waals surface area (Å²) in [5, 5.41) is -16.6. The van der Waals surface area contributed by atoms with Crippen molar-refractivity contribution in [2.24, 2.45) is 0 Å². The Bertz CT molecular complexity index is 930. The normalized spacial score (nSPS) is 16.7. The molecule has 0 aliphatic carbocycles. The molecule has 4 nitrogen and oxygen atoms in total. The maximum Gasteiger partial charge on any atom is 0.461 e. The summed E-state index contributed by atoms with van der Waals surface area (Å²) in [5.41, 5.74) is 0. The molecule has 0 aliphatic heterocycles. The molecule has 0 saturated heterocycles. The van der Waals surface area contributed by atoms with E-state index in [1.807, 2.05) is 0 Å². The van der Waals surface area contributed by atoms with Crippen molar-refractivity contribution < 1.29 is 100 Å². The minimum absolute atomic E-state index is 4.77. The summed E-state index contributed by atoms with van der Waals surface area (Å²) < 4.78 is 281. The molecule has 0 atom stereocenters. The van der Waals surface area contributed by atoms with Gasteiger partial charge in [0.05, 0.1) is 6.42 Å². The second kappa shape index (κ2) is 8.29. The highest BCUT2D eigenvalue weighted by atomic mass is 32.3. The minimum atomic E-state index is -9.13. The molecule has 0 radical (unpaired) electrons. The summed E-state index contributed by atoms with van der Waals surface area (Å²) in [4.78, 5) is 0. The molecule has 0 aromatic carbocycles. The zero-order chi connectivity index (χ0) is 29.3. The van der Waals surface area contributed by atoms with Crippen molar-refractivity contribution in [2.45, 2.75) is 57.8 Å². The van der Waals surface area contributed by atoms with Crippen LogP contribution < -0.4 is 0 Å². The molecule has 0 aromatic rings. The largest absolute Gasteiger partial charge is 0.461 e. The van der Waals surface area contributed by atoms with Gasteiger partial charge in [0, 0.05) is 0 Å². The highest BCUT2D eigenvalue weighted by Gasteiger charge is 2.85. The summed E-state index contributed by atoms with van der Waals surface area (Å²) in [6.07, 6.45) is -27.9. The van der Waals surface area contributed by atoms with E-state index in [1.54, 1.807) is 0 Å². The molecule has 0 amide bonds. The van der Waals surface area contributed by atoms with Gasteiger partial charge in [-0.15, -0.1) is 0 Å². The second-order valence-electron chi connectivity index (χ2n) is 6.10. The third-order valence-electron chi connectivity index (χ3n) is 3.69. The lowest BCUT2D eigenvalue weighted by Gasteiger charge is -2.35. The first-order valence-electron chi connectivity index (χ1n) is 7.15. The number of rotatable bonds is 8. The Morgan fingerprint density at radius 3 is 0.829 bits per heavy atom. The summed E-state index contributed by atoms with van der Waals surface area (Å²) in [6.45, 7) is 0. The molecule has 0 unspecified atom stereocenters. The summed E-state index contributed by atoms with van der Waals surface area (Å²) in [5.74, 6) is -23.7. The van der Waals surface area contributed by atoms with Crippen molar-refractivity contribution in [3.05, 3.63) is 0 Å². The van der Waals surface area contributed by atoms with Crippen LogP contribution in [-0.2, 0) is 19.7 Å².